The van der Waals surface area contributed by atoms with Crippen molar-refractivity contribution in [3.05, 3.63) is 39.4 Å². The minimum Gasteiger partial charge on any atom is -0.449 e. The van der Waals surface area contributed by atoms with Crippen LogP contribution in [0.25, 0.3) is 0 Å². The van der Waals surface area contributed by atoms with E-state index in [1.165, 1.54) is 6.07 Å². The summed E-state index contributed by atoms with van der Waals surface area (Å²) in [6.07, 6.45) is 0. The van der Waals surface area contributed by atoms with Gasteiger partial charge in [-0.1, -0.05) is 12.1 Å². The van der Waals surface area contributed by atoms with Gasteiger partial charge in [-0.25, -0.2) is 4.79 Å². The molecule has 6 heteroatoms. The molecule has 1 rings (SSSR count). The van der Waals surface area contributed by atoms with Gasteiger partial charge in [-0.2, -0.15) is 0 Å². The average molecular weight is 230 g/mol. The van der Waals surface area contributed by atoms with Gasteiger partial charge in [0.1, 0.15) is 6.61 Å². The van der Waals surface area contributed by atoms with E-state index in [9.17, 15) is 14.9 Å². The second kappa shape index (κ2) is 4.75. The molecular weight excluding hydrogens is 222 g/mol. The summed E-state index contributed by atoms with van der Waals surface area (Å²) in [5.41, 5.74) is -0.182. The van der Waals surface area contributed by atoms with Crippen molar-refractivity contribution < 1.29 is 14.5 Å². The Morgan fingerprint density at radius 3 is 2.80 bits per heavy atom. The first-order chi connectivity index (χ1) is 7.02. The number of hydrogen-bond acceptors (Lipinski definition) is 4. The highest BCUT2D eigenvalue weighted by molar-refractivity contribution is 6.61. The number of halogens is 1. The summed E-state index contributed by atoms with van der Waals surface area (Å²) in [4.78, 5) is 20.6. The number of benzene rings is 1. The van der Waals surface area contributed by atoms with Crippen LogP contribution in [0.1, 0.15) is 11.1 Å². The summed E-state index contributed by atoms with van der Waals surface area (Å²) in [6, 6.07) is 4.79. The molecule has 0 N–H and O–H groups in total. The number of para-hydroxylation sites is 1. The standard InChI is InChI=1S/C9H8ClNO4/c1-6-3-2-4-7(5-15-9(10)12)8(6)11(13)14/h2-4H,5H2,1H3. The van der Waals surface area contributed by atoms with Crippen LogP contribution in [0, 0.1) is 17.0 Å². The first-order valence-electron chi connectivity index (χ1n) is 4.07. The van der Waals surface area contributed by atoms with Crippen LogP contribution in [-0.4, -0.2) is 10.4 Å². The fourth-order valence-corrected chi connectivity index (χ4v) is 1.29. The SMILES string of the molecule is Cc1cccc(COC(=O)Cl)c1[N+](=O)[O-]. The van der Waals surface area contributed by atoms with Gasteiger partial charge in [0.25, 0.3) is 5.69 Å². The number of hydrogen-bond donors (Lipinski definition) is 0. The minimum absolute atomic E-state index is 0.0459. The van der Waals surface area contributed by atoms with Crippen LogP contribution in [0.5, 0.6) is 0 Å². The maximum Gasteiger partial charge on any atom is 0.404 e. The average Bonchev–Trinajstić information content (AvgIpc) is 2.13. The summed E-state index contributed by atoms with van der Waals surface area (Å²) < 4.78 is 4.50. The first-order valence-corrected chi connectivity index (χ1v) is 4.45. The van der Waals surface area contributed by atoms with Gasteiger partial charge in [-0.15, -0.1) is 0 Å². The van der Waals surface area contributed by atoms with Crippen molar-refractivity contribution >= 4 is 22.7 Å². The van der Waals surface area contributed by atoms with Crippen molar-refractivity contribution in [1.29, 1.82) is 0 Å². The second-order valence-corrected chi connectivity index (χ2v) is 3.17. The highest BCUT2D eigenvalue weighted by atomic mass is 35.5. The van der Waals surface area contributed by atoms with Gasteiger partial charge in [0.05, 0.1) is 10.5 Å². The van der Waals surface area contributed by atoms with E-state index >= 15 is 0 Å². The van der Waals surface area contributed by atoms with Crippen LogP contribution in [0.4, 0.5) is 10.5 Å². The molecule has 0 aliphatic heterocycles. The predicted molar refractivity (Wildman–Crippen MR) is 53.9 cm³/mol. The van der Waals surface area contributed by atoms with Crippen molar-refractivity contribution in [3.63, 3.8) is 0 Å². The van der Waals surface area contributed by atoms with Crippen molar-refractivity contribution in [1.82, 2.24) is 0 Å². The van der Waals surface area contributed by atoms with Crippen molar-refractivity contribution in [2.45, 2.75) is 13.5 Å². The molecule has 0 aliphatic carbocycles. The Morgan fingerprint density at radius 2 is 2.27 bits per heavy atom. The molecule has 1 aromatic carbocycles. The zero-order chi connectivity index (χ0) is 11.4. The quantitative estimate of drug-likeness (QED) is 0.454. The van der Waals surface area contributed by atoms with Crippen molar-refractivity contribution in [2.24, 2.45) is 0 Å². The molecule has 0 heterocycles. The lowest BCUT2D eigenvalue weighted by Crippen LogP contribution is -2.01. The zero-order valence-corrected chi connectivity index (χ0v) is 8.65. The molecule has 0 amide bonds. The molecule has 0 unspecified atom stereocenters. The normalized spacial score (nSPS) is 9.73. The third-order valence-corrected chi connectivity index (χ3v) is 1.95. The smallest absolute Gasteiger partial charge is 0.404 e. The van der Waals surface area contributed by atoms with Crippen LogP contribution < -0.4 is 0 Å². The maximum atomic E-state index is 10.7. The molecule has 0 saturated heterocycles. The molecular formula is C9H8ClNO4. The zero-order valence-electron chi connectivity index (χ0n) is 7.90. The van der Waals surface area contributed by atoms with E-state index < -0.39 is 10.4 Å². The molecule has 0 bridgehead atoms. The third kappa shape index (κ3) is 2.92. The Bertz CT molecular complexity index is 405. The van der Waals surface area contributed by atoms with E-state index in [0.29, 0.717) is 11.1 Å². The van der Waals surface area contributed by atoms with E-state index in [4.69, 9.17) is 11.6 Å². The Morgan fingerprint density at radius 1 is 1.60 bits per heavy atom. The summed E-state index contributed by atoms with van der Waals surface area (Å²) in [5, 5.41) is 10.7. The summed E-state index contributed by atoms with van der Waals surface area (Å²) in [6.45, 7) is 1.42. The molecule has 0 spiro atoms. The number of carbonyl (C=O) groups is 1. The number of rotatable bonds is 3. The van der Waals surface area contributed by atoms with Gasteiger partial charge < -0.3 is 4.74 Å². The molecule has 0 aromatic heterocycles. The fourth-order valence-electron chi connectivity index (χ4n) is 1.23. The van der Waals surface area contributed by atoms with Gasteiger partial charge in [-0.3, -0.25) is 10.1 Å². The van der Waals surface area contributed by atoms with Gasteiger partial charge in [-0.05, 0) is 13.0 Å². The molecule has 0 radical (unpaired) electrons. The Hall–Kier alpha value is -1.62. The number of nitro groups is 1. The topological polar surface area (TPSA) is 69.4 Å². The fraction of sp³-hybridized carbons (Fsp3) is 0.222. The monoisotopic (exact) mass is 229 g/mol. The van der Waals surface area contributed by atoms with Gasteiger partial charge in [0.2, 0.25) is 0 Å². The highest BCUT2D eigenvalue weighted by Gasteiger charge is 2.17. The van der Waals surface area contributed by atoms with Crippen LogP contribution >= 0.6 is 11.6 Å². The van der Waals surface area contributed by atoms with E-state index in [2.05, 4.69) is 4.74 Å². The largest absolute Gasteiger partial charge is 0.449 e. The molecule has 0 aliphatic rings. The lowest BCUT2D eigenvalue weighted by atomic mass is 10.1. The Kier molecular flexibility index (Phi) is 3.62. The summed E-state index contributed by atoms with van der Waals surface area (Å²) in [5.74, 6) is 0. The molecule has 0 saturated carbocycles. The highest BCUT2D eigenvalue weighted by Crippen LogP contribution is 2.23. The second-order valence-electron chi connectivity index (χ2n) is 2.87. The predicted octanol–water partition coefficient (Wildman–Crippen LogP) is 2.78. The Labute approximate surface area is 90.8 Å². The lowest BCUT2D eigenvalue weighted by Gasteiger charge is -2.04. The minimum atomic E-state index is -0.981. The van der Waals surface area contributed by atoms with E-state index in [-0.39, 0.29) is 12.3 Å². The van der Waals surface area contributed by atoms with Crippen LogP contribution in [0.3, 0.4) is 0 Å². The first kappa shape index (κ1) is 11.5. The molecule has 15 heavy (non-hydrogen) atoms. The number of aryl methyl sites for hydroxylation is 1. The van der Waals surface area contributed by atoms with Crippen LogP contribution in [0.2, 0.25) is 0 Å². The molecule has 80 valence electrons. The summed E-state index contributed by atoms with van der Waals surface area (Å²) >= 11 is 4.97. The van der Waals surface area contributed by atoms with Gasteiger partial charge >= 0.3 is 5.43 Å². The lowest BCUT2D eigenvalue weighted by molar-refractivity contribution is -0.386. The molecule has 5 nitrogen and oxygen atoms in total. The van der Waals surface area contributed by atoms with Gasteiger partial charge in [0.15, 0.2) is 0 Å². The van der Waals surface area contributed by atoms with Crippen molar-refractivity contribution in [2.75, 3.05) is 0 Å². The molecule has 0 fully saturated rings. The Balaban J connectivity index is 3.01. The number of nitrogens with zero attached hydrogens (tertiary/aromatic N) is 1. The van der Waals surface area contributed by atoms with Crippen LogP contribution in [0.15, 0.2) is 18.2 Å². The number of carbonyl (C=O) groups excluding carboxylic acids is 1. The van der Waals surface area contributed by atoms with Crippen LogP contribution in [-0.2, 0) is 11.3 Å². The van der Waals surface area contributed by atoms with Crippen molar-refractivity contribution in [3.8, 4) is 0 Å². The maximum absolute atomic E-state index is 10.7. The third-order valence-electron chi connectivity index (χ3n) is 1.85. The van der Waals surface area contributed by atoms with E-state index in [1.54, 1.807) is 19.1 Å². The van der Waals surface area contributed by atoms with Gasteiger partial charge in [0, 0.05) is 17.2 Å². The van der Waals surface area contributed by atoms with E-state index in [1.807, 2.05) is 0 Å². The molecule has 0 atom stereocenters. The van der Waals surface area contributed by atoms with E-state index in [0.717, 1.165) is 0 Å². The number of nitro benzene ring substituents is 1. The molecule has 1 aromatic rings. The summed E-state index contributed by atoms with van der Waals surface area (Å²) in [7, 11) is 0. The number of ether oxygens (including phenoxy) is 1.